The lowest BCUT2D eigenvalue weighted by Gasteiger charge is -2.22. The number of ether oxygens (including phenoxy) is 1. The van der Waals surface area contributed by atoms with Crippen molar-refractivity contribution < 1.29 is 4.74 Å². The molecule has 2 aliphatic heterocycles. The van der Waals surface area contributed by atoms with Crippen molar-refractivity contribution in [1.29, 1.82) is 5.26 Å². The zero-order valence-corrected chi connectivity index (χ0v) is 14.0. The molecule has 4 rings (SSSR count). The fourth-order valence-corrected chi connectivity index (χ4v) is 3.59. The Labute approximate surface area is 140 Å². The molecule has 0 spiro atoms. The van der Waals surface area contributed by atoms with Crippen LogP contribution in [0.4, 0.5) is 0 Å². The highest BCUT2D eigenvalue weighted by Crippen LogP contribution is 2.29. The molecule has 0 unspecified atom stereocenters. The average Bonchev–Trinajstić information content (AvgIpc) is 3.06. The van der Waals surface area contributed by atoms with Gasteiger partial charge in [-0.15, -0.1) is 0 Å². The van der Waals surface area contributed by atoms with E-state index >= 15 is 0 Å². The minimum absolute atomic E-state index is 0.111. The summed E-state index contributed by atoms with van der Waals surface area (Å²) < 4.78 is 8.02. The molecule has 0 N–H and O–H groups in total. The van der Waals surface area contributed by atoms with E-state index in [0.717, 1.165) is 67.7 Å². The van der Waals surface area contributed by atoms with Gasteiger partial charge in [-0.2, -0.15) is 15.3 Å². The Morgan fingerprint density at radius 1 is 1.33 bits per heavy atom. The van der Waals surface area contributed by atoms with Crippen molar-refractivity contribution >= 4 is 0 Å². The minimum atomic E-state index is 0.111. The zero-order valence-electron chi connectivity index (χ0n) is 14.0. The van der Waals surface area contributed by atoms with Gasteiger partial charge in [-0.25, -0.2) is 4.98 Å². The van der Waals surface area contributed by atoms with E-state index in [0.29, 0.717) is 5.69 Å². The van der Waals surface area contributed by atoms with Gasteiger partial charge >= 0.3 is 0 Å². The Morgan fingerprint density at radius 3 is 3.04 bits per heavy atom. The Bertz CT molecular complexity index is 821. The van der Waals surface area contributed by atoms with Gasteiger partial charge in [0.2, 0.25) is 5.88 Å². The van der Waals surface area contributed by atoms with Crippen molar-refractivity contribution in [2.24, 2.45) is 0 Å². The quantitative estimate of drug-likeness (QED) is 0.830. The summed E-state index contributed by atoms with van der Waals surface area (Å²) in [5.41, 5.74) is 3.76. The topological polar surface area (TPSA) is 79.9 Å². The molecular weight excluding hydrogens is 304 g/mol. The number of hydrogen-bond donors (Lipinski definition) is 0. The maximum Gasteiger partial charge on any atom is 0.220 e. The molecular formula is C17H20N6O. The molecule has 0 radical (unpaired) electrons. The van der Waals surface area contributed by atoms with E-state index in [2.05, 4.69) is 26.0 Å². The van der Waals surface area contributed by atoms with E-state index in [4.69, 9.17) is 10.00 Å². The van der Waals surface area contributed by atoms with Crippen LogP contribution < -0.4 is 4.74 Å². The fourth-order valence-electron chi connectivity index (χ4n) is 3.59. The third kappa shape index (κ3) is 2.74. The number of hydrogen-bond acceptors (Lipinski definition) is 6. The number of rotatable bonds is 2. The number of nitriles is 1. The number of aromatic nitrogens is 4. The highest BCUT2D eigenvalue weighted by atomic mass is 16.5. The van der Waals surface area contributed by atoms with Crippen LogP contribution in [-0.4, -0.2) is 43.8 Å². The zero-order chi connectivity index (χ0) is 16.7. The summed E-state index contributed by atoms with van der Waals surface area (Å²) in [5, 5.41) is 13.4. The minimum Gasteiger partial charge on any atom is -0.472 e. The summed E-state index contributed by atoms with van der Waals surface area (Å²) in [4.78, 5) is 11.2. The molecule has 0 aliphatic carbocycles. The van der Waals surface area contributed by atoms with Crippen LogP contribution >= 0.6 is 0 Å². The van der Waals surface area contributed by atoms with Gasteiger partial charge in [-0.05, 0) is 26.3 Å². The van der Waals surface area contributed by atoms with Gasteiger partial charge in [0, 0.05) is 43.9 Å². The molecule has 0 fully saturated rings. The van der Waals surface area contributed by atoms with Gasteiger partial charge in [-0.1, -0.05) is 0 Å². The van der Waals surface area contributed by atoms with Gasteiger partial charge in [0.1, 0.15) is 18.0 Å². The van der Waals surface area contributed by atoms with Crippen LogP contribution in [0.1, 0.15) is 34.9 Å². The summed E-state index contributed by atoms with van der Waals surface area (Å²) >= 11 is 0. The predicted octanol–water partition coefficient (Wildman–Crippen LogP) is 1.37. The van der Waals surface area contributed by atoms with Gasteiger partial charge in [0.25, 0.3) is 0 Å². The fraction of sp³-hybridized carbons (Fsp3) is 0.529. The van der Waals surface area contributed by atoms with E-state index in [1.165, 1.54) is 0 Å². The molecule has 2 aliphatic rings. The molecule has 2 aromatic rings. The van der Waals surface area contributed by atoms with Gasteiger partial charge < -0.3 is 4.74 Å². The van der Waals surface area contributed by atoms with Crippen LogP contribution in [0.3, 0.4) is 0 Å². The van der Waals surface area contributed by atoms with Crippen molar-refractivity contribution in [1.82, 2.24) is 24.6 Å². The molecule has 0 aromatic carbocycles. The molecule has 0 saturated heterocycles. The first-order valence-electron chi connectivity index (χ1n) is 8.32. The van der Waals surface area contributed by atoms with Crippen LogP contribution in [0.5, 0.6) is 5.88 Å². The second-order valence-electron chi connectivity index (χ2n) is 6.53. The van der Waals surface area contributed by atoms with Crippen LogP contribution in [-0.2, 0) is 19.5 Å². The highest BCUT2D eigenvalue weighted by molar-refractivity contribution is 5.34. The van der Waals surface area contributed by atoms with Crippen LogP contribution in [0.2, 0.25) is 0 Å². The number of aryl methyl sites for hydroxylation is 3. The Hall–Kier alpha value is -2.46. The second-order valence-corrected chi connectivity index (χ2v) is 6.53. The van der Waals surface area contributed by atoms with E-state index in [1.807, 2.05) is 24.6 Å². The Kier molecular flexibility index (Phi) is 3.69. The lowest BCUT2D eigenvalue weighted by molar-refractivity contribution is 0.143. The first-order valence-corrected chi connectivity index (χ1v) is 8.32. The largest absolute Gasteiger partial charge is 0.472 e. The van der Waals surface area contributed by atoms with Gasteiger partial charge in [-0.3, -0.25) is 9.58 Å². The second kappa shape index (κ2) is 5.87. The Balaban J connectivity index is 1.47. The van der Waals surface area contributed by atoms with E-state index in [-0.39, 0.29) is 6.10 Å². The molecule has 0 amide bonds. The summed E-state index contributed by atoms with van der Waals surface area (Å²) in [6.07, 6.45) is 2.00. The first kappa shape index (κ1) is 15.1. The molecule has 2 aromatic heterocycles. The molecule has 7 heteroatoms. The molecule has 0 bridgehead atoms. The van der Waals surface area contributed by atoms with Crippen molar-refractivity contribution in [3.63, 3.8) is 0 Å². The smallest absolute Gasteiger partial charge is 0.220 e. The number of nitrogens with zero attached hydrogens (tertiary/aromatic N) is 6. The standard InChI is InChI=1S/C17H20N6O/c1-11-16-7-15(24-17(16)20-12(2)19-11)10-22-4-3-5-23-14(9-22)6-13(8-18)21-23/h6,15H,3-5,7,9-10H2,1-2H3/t15-/m0/s1. The summed E-state index contributed by atoms with van der Waals surface area (Å²) in [7, 11) is 0. The van der Waals surface area contributed by atoms with Gasteiger partial charge in [0.15, 0.2) is 5.69 Å². The molecule has 0 saturated carbocycles. The summed E-state index contributed by atoms with van der Waals surface area (Å²) in [6.45, 7) is 7.44. The van der Waals surface area contributed by atoms with E-state index in [9.17, 15) is 0 Å². The summed E-state index contributed by atoms with van der Waals surface area (Å²) in [5.74, 6) is 1.51. The SMILES string of the molecule is Cc1nc(C)c2c(n1)O[C@H](CN1CCCn3nc(C#N)cc3C1)C2. The number of fused-ring (bicyclic) bond motifs is 2. The Morgan fingerprint density at radius 2 is 2.21 bits per heavy atom. The maximum absolute atomic E-state index is 9.03. The highest BCUT2D eigenvalue weighted by Gasteiger charge is 2.29. The molecule has 24 heavy (non-hydrogen) atoms. The lowest BCUT2D eigenvalue weighted by Crippen LogP contribution is -2.34. The molecule has 4 heterocycles. The third-order valence-corrected chi connectivity index (χ3v) is 4.67. The van der Waals surface area contributed by atoms with Crippen LogP contribution in [0, 0.1) is 25.2 Å². The first-order chi connectivity index (χ1) is 11.6. The van der Waals surface area contributed by atoms with Crippen LogP contribution in [0.25, 0.3) is 0 Å². The molecule has 124 valence electrons. The van der Waals surface area contributed by atoms with Crippen molar-refractivity contribution in [2.75, 3.05) is 13.1 Å². The monoisotopic (exact) mass is 324 g/mol. The molecule has 1 atom stereocenters. The third-order valence-electron chi connectivity index (χ3n) is 4.67. The average molecular weight is 324 g/mol. The van der Waals surface area contributed by atoms with Crippen LogP contribution in [0.15, 0.2) is 6.07 Å². The molecule has 7 nitrogen and oxygen atoms in total. The van der Waals surface area contributed by atoms with E-state index in [1.54, 1.807) is 0 Å². The predicted molar refractivity (Wildman–Crippen MR) is 86.5 cm³/mol. The summed E-state index contributed by atoms with van der Waals surface area (Å²) in [6, 6.07) is 4.02. The lowest BCUT2D eigenvalue weighted by atomic mass is 10.1. The normalized spacial score (nSPS) is 20.0. The van der Waals surface area contributed by atoms with Gasteiger partial charge in [0.05, 0.1) is 5.69 Å². The van der Waals surface area contributed by atoms with Crippen molar-refractivity contribution in [3.8, 4) is 11.9 Å². The van der Waals surface area contributed by atoms with Crippen molar-refractivity contribution in [2.45, 2.75) is 45.9 Å². The maximum atomic E-state index is 9.03. The van der Waals surface area contributed by atoms with Crippen molar-refractivity contribution in [3.05, 3.63) is 34.5 Å². The van der Waals surface area contributed by atoms with E-state index < -0.39 is 0 Å².